The summed E-state index contributed by atoms with van der Waals surface area (Å²) in [5.74, 6) is 0. The van der Waals surface area contributed by atoms with Crippen molar-refractivity contribution in [3.8, 4) is 0 Å². The highest BCUT2D eigenvalue weighted by Gasteiger charge is 2.26. The van der Waals surface area contributed by atoms with Gasteiger partial charge in [-0.2, -0.15) is 0 Å². The van der Waals surface area contributed by atoms with Crippen LogP contribution < -0.4 is 4.90 Å². The van der Waals surface area contributed by atoms with E-state index in [0.29, 0.717) is 19.5 Å². The van der Waals surface area contributed by atoms with Crippen molar-refractivity contribution in [2.45, 2.75) is 13.0 Å². The summed E-state index contributed by atoms with van der Waals surface area (Å²) in [4.78, 5) is 15.4. The number of benzene rings is 1. The van der Waals surface area contributed by atoms with Crippen LogP contribution in [0, 0.1) is 0 Å². The highest BCUT2D eigenvalue weighted by Crippen LogP contribution is 2.27. The molecule has 0 unspecified atom stereocenters. The Balaban J connectivity index is 2.30. The van der Waals surface area contributed by atoms with Gasteiger partial charge in [0.1, 0.15) is 0 Å². The van der Waals surface area contributed by atoms with Crippen molar-refractivity contribution in [1.82, 2.24) is 4.90 Å². The van der Waals surface area contributed by atoms with Gasteiger partial charge in [-0.3, -0.25) is 4.90 Å². The molecule has 0 aliphatic carbocycles. The molecule has 0 saturated heterocycles. The average molecular weight is 220 g/mol. The lowest BCUT2D eigenvalue weighted by atomic mass is 10.1. The first-order valence-corrected chi connectivity index (χ1v) is 5.45. The largest absolute Gasteiger partial charge is 0.396 e. The normalized spacial score (nSPS) is 15.2. The van der Waals surface area contributed by atoms with E-state index >= 15 is 0 Å². The second-order valence-corrected chi connectivity index (χ2v) is 4.00. The maximum Gasteiger partial charge on any atom is 0.324 e. The monoisotopic (exact) mass is 220 g/mol. The Hall–Kier alpha value is -1.55. The zero-order chi connectivity index (χ0) is 11.5. The van der Waals surface area contributed by atoms with E-state index in [-0.39, 0.29) is 12.6 Å². The fourth-order valence-corrected chi connectivity index (χ4v) is 1.99. The fraction of sp³-hybridized carbons (Fsp3) is 0.417. The quantitative estimate of drug-likeness (QED) is 0.837. The Kier molecular flexibility index (Phi) is 3.10. The fourth-order valence-electron chi connectivity index (χ4n) is 1.99. The molecule has 0 spiro atoms. The van der Waals surface area contributed by atoms with Crippen LogP contribution in [0.1, 0.15) is 12.0 Å². The molecule has 4 nitrogen and oxygen atoms in total. The summed E-state index contributed by atoms with van der Waals surface area (Å²) in [6.45, 7) is 1.33. The van der Waals surface area contributed by atoms with E-state index in [0.717, 1.165) is 11.3 Å². The number of hydrogen-bond donors (Lipinski definition) is 1. The van der Waals surface area contributed by atoms with Crippen molar-refractivity contribution in [3.05, 3.63) is 29.8 Å². The number of anilines is 1. The van der Waals surface area contributed by atoms with E-state index in [1.54, 1.807) is 16.8 Å². The average Bonchev–Trinajstić information content (AvgIpc) is 2.30. The molecule has 2 rings (SSSR count). The molecule has 1 aromatic carbocycles. The third-order valence-electron chi connectivity index (χ3n) is 2.79. The molecule has 4 heteroatoms. The van der Waals surface area contributed by atoms with Gasteiger partial charge in [-0.15, -0.1) is 0 Å². The van der Waals surface area contributed by atoms with Gasteiger partial charge in [0.25, 0.3) is 0 Å². The van der Waals surface area contributed by atoms with E-state index in [2.05, 4.69) is 0 Å². The number of hydrogen-bond acceptors (Lipinski definition) is 2. The molecule has 16 heavy (non-hydrogen) atoms. The van der Waals surface area contributed by atoms with Gasteiger partial charge in [-0.05, 0) is 18.1 Å². The van der Waals surface area contributed by atoms with Gasteiger partial charge in [-0.25, -0.2) is 4.79 Å². The lowest BCUT2D eigenvalue weighted by molar-refractivity contribution is 0.209. The topological polar surface area (TPSA) is 43.8 Å². The van der Waals surface area contributed by atoms with Gasteiger partial charge < -0.3 is 10.0 Å². The predicted octanol–water partition coefficient (Wildman–Crippen LogP) is 1.44. The van der Waals surface area contributed by atoms with Crippen molar-refractivity contribution in [2.24, 2.45) is 0 Å². The number of aliphatic hydroxyl groups is 1. The van der Waals surface area contributed by atoms with E-state index < -0.39 is 0 Å². The van der Waals surface area contributed by atoms with Gasteiger partial charge in [-0.1, -0.05) is 18.2 Å². The van der Waals surface area contributed by atoms with Gasteiger partial charge in [0.15, 0.2) is 0 Å². The summed E-state index contributed by atoms with van der Waals surface area (Å²) in [5, 5.41) is 8.85. The molecule has 1 aromatic rings. The zero-order valence-electron chi connectivity index (χ0n) is 9.39. The van der Waals surface area contributed by atoms with Gasteiger partial charge >= 0.3 is 6.03 Å². The molecular weight excluding hydrogens is 204 g/mol. The standard InChI is InChI=1S/C12H16N2O2/c1-13-9-10-5-2-3-6-11(10)14(12(13)16)7-4-8-15/h2-3,5-6,15H,4,7-9H2,1H3. The molecule has 0 saturated carbocycles. The predicted molar refractivity (Wildman–Crippen MR) is 62.4 cm³/mol. The lowest BCUT2D eigenvalue weighted by Gasteiger charge is -2.35. The van der Waals surface area contributed by atoms with E-state index in [1.807, 2.05) is 24.3 Å². The number of nitrogens with zero attached hydrogens (tertiary/aromatic N) is 2. The minimum atomic E-state index is 0.00662. The van der Waals surface area contributed by atoms with Crippen LogP contribution in [-0.4, -0.2) is 36.2 Å². The third-order valence-corrected chi connectivity index (χ3v) is 2.79. The van der Waals surface area contributed by atoms with Gasteiger partial charge in [0.05, 0.1) is 5.69 Å². The number of amides is 2. The molecule has 2 amide bonds. The van der Waals surface area contributed by atoms with Crippen molar-refractivity contribution in [3.63, 3.8) is 0 Å². The molecule has 1 aliphatic rings. The molecule has 1 heterocycles. The highest BCUT2D eigenvalue weighted by molar-refractivity contribution is 5.94. The van der Waals surface area contributed by atoms with Crippen LogP contribution in [0.15, 0.2) is 24.3 Å². The summed E-state index contributed by atoms with van der Waals surface area (Å²) in [7, 11) is 1.80. The summed E-state index contributed by atoms with van der Waals surface area (Å²) in [6.07, 6.45) is 0.605. The number of rotatable bonds is 3. The summed E-state index contributed by atoms with van der Waals surface area (Å²) in [5.41, 5.74) is 2.13. The lowest BCUT2D eigenvalue weighted by Crippen LogP contribution is -2.45. The Morgan fingerprint density at radius 3 is 2.88 bits per heavy atom. The van der Waals surface area contributed by atoms with Crippen molar-refractivity contribution >= 4 is 11.7 Å². The number of fused-ring (bicyclic) bond motifs is 1. The Labute approximate surface area is 95.1 Å². The minimum Gasteiger partial charge on any atom is -0.396 e. The first-order valence-electron chi connectivity index (χ1n) is 5.45. The molecule has 1 N–H and O–H groups in total. The second kappa shape index (κ2) is 4.53. The van der Waals surface area contributed by atoms with Gasteiger partial charge in [0, 0.05) is 26.7 Å². The minimum absolute atomic E-state index is 0.00662. The summed E-state index contributed by atoms with van der Waals surface area (Å²) in [6, 6.07) is 7.91. The van der Waals surface area contributed by atoms with Crippen LogP contribution in [0.3, 0.4) is 0 Å². The molecule has 0 radical (unpaired) electrons. The number of para-hydroxylation sites is 1. The van der Waals surface area contributed by atoms with Crippen molar-refractivity contribution < 1.29 is 9.90 Å². The zero-order valence-corrected chi connectivity index (χ0v) is 9.39. The molecule has 0 aromatic heterocycles. The smallest absolute Gasteiger partial charge is 0.324 e. The van der Waals surface area contributed by atoms with Crippen LogP contribution in [0.5, 0.6) is 0 Å². The Morgan fingerprint density at radius 1 is 1.38 bits per heavy atom. The van der Waals surface area contributed by atoms with E-state index in [1.165, 1.54) is 0 Å². The molecule has 1 aliphatic heterocycles. The molecule has 0 bridgehead atoms. The second-order valence-electron chi connectivity index (χ2n) is 4.00. The van der Waals surface area contributed by atoms with Crippen LogP contribution in [-0.2, 0) is 6.54 Å². The van der Waals surface area contributed by atoms with Crippen LogP contribution in [0.2, 0.25) is 0 Å². The van der Waals surface area contributed by atoms with Crippen molar-refractivity contribution in [2.75, 3.05) is 25.1 Å². The highest BCUT2D eigenvalue weighted by atomic mass is 16.3. The SMILES string of the molecule is CN1Cc2ccccc2N(CCCO)C1=O. The maximum absolute atomic E-state index is 12.0. The summed E-state index contributed by atoms with van der Waals surface area (Å²) >= 11 is 0. The molecule has 0 fully saturated rings. The molecule has 86 valence electrons. The first kappa shape index (κ1) is 11.0. The number of aliphatic hydroxyl groups excluding tert-OH is 1. The third kappa shape index (κ3) is 1.88. The van der Waals surface area contributed by atoms with E-state index in [4.69, 9.17) is 5.11 Å². The maximum atomic E-state index is 12.0. The van der Waals surface area contributed by atoms with E-state index in [9.17, 15) is 4.79 Å². The Morgan fingerprint density at radius 2 is 2.12 bits per heavy atom. The Bertz CT molecular complexity index is 392. The molecular formula is C12H16N2O2. The van der Waals surface area contributed by atoms with Crippen molar-refractivity contribution in [1.29, 1.82) is 0 Å². The number of carbonyl (C=O) groups is 1. The number of carbonyl (C=O) groups excluding carboxylic acids is 1. The number of urea groups is 1. The summed E-state index contributed by atoms with van der Waals surface area (Å²) < 4.78 is 0. The van der Waals surface area contributed by atoms with Crippen LogP contribution >= 0.6 is 0 Å². The van der Waals surface area contributed by atoms with Gasteiger partial charge in [0.2, 0.25) is 0 Å². The van der Waals surface area contributed by atoms with Crippen LogP contribution in [0.4, 0.5) is 10.5 Å². The first-order chi connectivity index (χ1) is 7.74. The molecule has 0 atom stereocenters. The van der Waals surface area contributed by atoms with Crippen LogP contribution in [0.25, 0.3) is 0 Å².